The molecule has 120 valence electrons. The van der Waals surface area contributed by atoms with E-state index in [0.717, 1.165) is 21.0 Å². The lowest BCUT2D eigenvalue weighted by Crippen LogP contribution is -3.22. The second kappa shape index (κ2) is 6.71. The maximum Gasteiger partial charge on any atom is 0.390 e. The Morgan fingerprint density at radius 2 is 2.00 bits per heavy atom. The number of carbonyl (C=O) groups excluding carboxylic acids is 2. The molecular weight excluding hydrogens is 300 g/mol. The maximum absolute atomic E-state index is 12.8. The van der Waals surface area contributed by atoms with Crippen molar-refractivity contribution in [3.8, 4) is 0 Å². The van der Waals surface area contributed by atoms with Crippen LogP contribution in [-0.2, 0) is 14.3 Å². The predicted octanol–water partition coefficient (Wildman–Crippen LogP) is 1.22. The zero-order valence-electron chi connectivity index (χ0n) is 13.5. The number of amides is 1. The molecule has 0 fully saturated rings. The summed E-state index contributed by atoms with van der Waals surface area (Å²) in [4.78, 5) is 26.0. The van der Waals surface area contributed by atoms with Crippen molar-refractivity contribution in [2.75, 3.05) is 25.0 Å². The van der Waals surface area contributed by atoms with Gasteiger partial charge in [-0.05, 0) is 57.2 Å². The Morgan fingerprint density at radius 3 is 2.59 bits per heavy atom. The molecule has 0 radical (unpaired) electrons. The lowest BCUT2D eigenvalue weighted by molar-refractivity contribution is -0.913. The van der Waals surface area contributed by atoms with E-state index in [9.17, 15) is 9.59 Å². The summed E-state index contributed by atoms with van der Waals surface area (Å²) < 4.78 is 5.24. The van der Waals surface area contributed by atoms with Gasteiger partial charge in [-0.25, -0.2) is 4.79 Å². The van der Waals surface area contributed by atoms with E-state index in [1.165, 1.54) is 11.8 Å². The highest BCUT2D eigenvalue weighted by atomic mass is 32.2. The van der Waals surface area contributed by atoms with Crippen LogP contribution in [0.5, 0.6) is 0 Å². The monoisotopic (exact) mass is 323 g/mol. The highest BCUT2D eigenvalue weighted by molar-refractivity contribution is 8.02. The standard InChI is InChI=1S/C16H22N2O3S/c1-5-18(6-2)16(15(20)21-7-3)14(19)17-12-9-8-11(4)10-13(12)22-16/h8-10H,5-7H2,1-4H3,(H,17,19)/p+1. The van der Waals surface area contributed by atoms with Gasteiger partial charge in [0.2, 0.25) is 0 Å². The van der Waals surface area contributed by atoms with Gasteiger partial charge in [-0.3, -0.25) is 4.79 Å². The first kappa shape index (κ1) is 16.8. The molecule has 0 saturated carbocycles. The Bertz CT molecular complexity index is 587. The fraction of sp³-hybridized carbons (Fsp3) is 0.500. The van der Waals surface area contributed by atoms with Crippen LogP contribution in [0.4, 0.5) is 5.69 Å². The zero-order chi connectivity index (χ0) is 16.3. The fourth-order valence-electron chi connectivity index (χ4n) is 2.73. The van der Waals surface area contributed by atoms with E-state index in [1.807, 2.05) is 39.0 Å². The molecule has 1 aliphatic rings. The summed E-state index contributed by atoms with van der Waals surface area (Å²) in [6.07, 6.45) is 0. The zero-order valence-corrected chi connectivity index (χ0v) is 14.3. The van der Waals surface area contributed by atoms with E-state index in [0.29, 0.717) is 13.1 Å². The van der Waals surface area contributed by atoms with Gasteiger partial charge >= 0.3 is 16.7 Å². The van der Waals surface area contributed by atoms with Crippen LogP contribution in [0, 0.1) is 6.92 Å². The topological polar surface area (TPSA) is 59.8 Å². The summed E-state index contributed by atoms with van der Waals surface area (Å²) in [5, 5.41) is 2.89. The number of nitrogens with one attached hydrogen (secondary N) is 2. The number of likely N-dealkylation sites (N-methyl/N-ethyl adjacent to an activating group) is 1. The quantitative estimate of drug-likeness (QED) is 0.632. The molecule has 5 nitrogen and oxygen atoms in total. The van der Waals surface area contributed by atoms with E-state index < -0.39 is 10.8 Å². The Balaban J connectivity index is 2.53. The van der Waals surface area contributed by atoms with Crippen molar-refractivity contribution in [2.45, 2.75) is 37.5 Å². The fourth-order valence-corrected chi connectivity index (χ4v) is 4.25. The first-order valence-corrected chi connectivity index (χ1v) is 8.44. The molecule has 2 rings (SSSR count). The molecule has 1 atom stereocenters. The highest BCUT2D eigenvalue weighted by Gasteiger charge is 2.59. The Hall–Kier alpha value is -1.53. The summed E-state index contributed by atoms with van der Waals surface area (Å²) in [5.74, 6) is -0.769. The predicted molar refractivity (Wildman–Crippen MR) is 87.1 cm³/mol. The average molecular weight is 323 g/mol. The van der Waals surface area contributed by atoms with Crippen molar-refractivity contribution in [3.05, 3.63) is 23.8 Å². The summed E-state index contributed by atoms with van der Waals surface area (Å²) in [6.45, 7) is 9.28. The van der Waals surface area contributed by atoms with Gasteiger partial charge < -0.3 is 15.0 Å². The van der Waals surface area contributed by atoms with Gasteiger partial charge in [0.1, 0.15) is 0 Å². The molecule has 2 N–H and O–H groups in total. The van der Waals surface area contributed by atoms with Crippen molar-refractivity contribution in [2.24, 2.45) is 0 Å². The van der Waals surface area contributed by atoms with Gasteiger partial charge in [0.15, 0.2) is 0 Å². The third-order valence-electron chi connectivity index (χ3n) is 3.88. The van der Waals surface area contributed by atoms with Gasteiger partial charge in [0.25, 0.3) is 0 Å². The number of hydrogen-bond donors (Lipinski definition) is 2. The summed E-state index contributed by atoms with van der Waals surface area (Å²) in [6, 6.07) is 5.82. The highest BCUT2D eigenvalue weighted by Crippen LogP contribution is 2.40. The van der Waals surface area contributed by atoms with Crippen molar-refractivity contribution in [3.63, 3.8) is 0 Å². The van der Waals surface area contributed by atoms with Gasteiger partial charge in [0, 0.05) is 4.90 Å². The lowest BCUT2D eigenvalue weighted by atomic mass is 10.1. The molecule has 22 heavy (non-hydrogen) atoms. The van der Waals surface area contributed by atoms with E-state index in [4.69, 9.17) is 4.74 Å². The number of quaternary nitrogens is 1. The van der Waals surface area contributed by atoms with Crippen molar-refractivity contribution >= 4 is 29.3 Å². The molecule has 0 aliphatic carbocycles. The second-order valence-electron chi connectivity index (χ2n) is 5.27. The molecule has 1 unspecified atom stereocenters. The molecule has 1 aromatic rings. The van der Waals surface area contributed by atoms with Gasteiger partial charge in [-0.15, -0.1) is 0 Å². The van der Waals surface area contributed by atoms with Crippen LogP contribution < -0.4 is 10.2 Å². The normalized spacial score (nSPS) is 20.5. The van der Waals surface area contributed by atoms with Gasteiger partial charge in [-0.2, -0.15) is 0 Å². The van der Waals surface area contributed by atoms with Crippen LogP contribution >= 0.6 is 11.8 Å². The number of fused-ring (bicyclic) bond motifs is 1. The molecule has 0 aromatic heterocycles. The number of hydrogen-bond acceptors (Lipinski definition) is 4. The number of aryl methyl sites for hydroxylation is 1. The number of benzene rings is 1. The minimum absolute atomic E-state index is 0.260. The molecule has 0 saturated heterocycles. The summed E-state index contributed by atoms with van der Waals surface area (Å²) >= 11 is 1.31. The van der Waals surface area contributed by atoms with Crippen LogP contribution in [0.25, 0.3) is 0 Å². The van der Waals surface area contributed by atoms with Crippen LogP contribution in [0.3, 0.4) is 0 Å². The van der Waals surface area contributed by atoms with Gasteiger partial charge in [-0.1, -0.05) is 6.07 Å². The smallest absolute Gasteiger partial charge is 0.390 e. The molecule has 0 bridgehead atoms. The number of ether oxygens (including phenoxy) is 1. The van der Waals surface area contributed by atoms with Gasteiger partial charge in [0.05, 0.1) is 25.4 Å². The van der Waals surface area contributed by atoms with Crippen LogP contribution in [0.1, 0.15) is 26.3 Å². The minimum Gasteiger partial charge on any atom is -0.460 e. The van der Waals surface area contributed by atoms with Crippen LogP contribution in [-0.4, -0.2) is 36.4 Å². The second-order valence-corrected chi connectivity index (χ2v) is 6.52. The third-order valence-corrected chi connectivity index (χ3v) is 5.39. The SMILES string of the molecule is CCOC(=O)C1([NH+](CC)CC)Sc2cc(C)ccc2NC1=O. The van der Waals surface area contributed by atoms with Crippen molar-refractivity contribution < 1.29 is 19.2 Å². The molecule has 0 spiro atoms. The molecule has 1 aliphatic heterocycles. The first-order chi connectivity index (χ1) is 10.5. The molecule has 1 heterocycles. The summed E-state index contributed by atoms with van der Waals surface area (Å²) in [7, 11) is 0. The molecule has 6 heteroatoms. The Morgan fingerprint density at radius 1 is 1.32 bits per heavy atom. The largest absolute Gasteiger partial charge is 0.460 e. The van der Waals surface area contributed by atoms with Crippen LogP contribution in [0.2, 0.25) is 0 Å². The lowest BCUT2D eigenvalue weighted by Gasteiger charge is -2.38. The van der Waals surface area contributed by atoms with Crippen molar-refractivity contribution in [1.29, 1.82) is 0 Å². The van der Waals surface area contributed by atoms with Crippen LogP contribution in [0.15, 0.2) is 23.1 Å². The summed E-state index contributed by atoms with van der Waals surface area (Å²) in [5.41, 5.74) is 1.85. The molecule has 1 aromatic carbocycles. The number of esters is 1. The van der Waals surface area contributed by atoms with Crippen molar-refractivity contribution in [1.82, 2.24) is 0 Å². The Kier molecular flexibility index (Phi) is 5.13. The maximum atomic E-state index is 12.8. The average Bonchev–Trinajstić information content (AvgIpc) is 2.49. The third kappa shape index (κ3) is 2.73. The Labute approximate surface area is 135 Å². The van der Waals surface area contributed by atoms with E-state index in [1.54, 1.807) is 6.92 Å². The van der Waals surface area contributed by atoms with E-state index in [2.05, 4.69) is 5.32 Å². The molecular formula is C16H23N2O3S+. The van der Waals surface area contributed by atoms with E-state index in [-0.39, 0.29) is 12.5 Å². The number of anilines is 1. The first-order valence-electron chi connectivity index (χ1n) is 7.63. The number of carbonyl (C=O) groups is 2. The van der Waals surface area contributed by atoms with E-state index >= 15 is 0 Å². The number of rotatable bonds is 5. The molecule has 1 amide bonds. The number of thioether (sulfide) groups is 1. The minimum atomic E-state index is -1.28.